The van der Waals surface area contributed by atoms with Gasteiger partial charge in [-0.1, -0.05) is 0 Å². The second-order valence-corrected chi connectivity index (χ2v) is 3.60. The molecule has 1 aromatic heterocycles. The highest BCUT2D eigenvalue weighted by Gasteiger charge is 2.26. The van der Waals surface area contributed by atoms with Crippen molar-refractivity contribution in [3.63, 3.8) is 0 Å². The summed E-state index contributed by atoms with van der Waals surface area (Å²) < 4.78 is 5.01. The Balaban J connectivity index is 2.28. The molecule has 0 bridgehead atoms. The first-order valence-corrected chi connectivity index (χ1v) is 4.82. The smallest absolute Gasteiger partial charge is 0.311 e. The number of carbonyl (C=O) groups is 1. The maximum absolute atomic E-state index is 10.5. The van der Waals surface area contributed by atoms with Gasteiger partial charge < -0.3 is 9.84 Å². The van der Waals surface area contributed by atoms with E-state index in [1.165, 1.54) is 7.11 Å². The average molecular weight is 208 g/mol. The Morgan fingerprint density at radius 2 is 2.33 bits per heavy atom. The highest BCUT2D eigenvalue weighted by atomic mass is 16.5. The van der Waals surface area contributed by atoms with Crippen molar-refractivity contribution in [3.8, 4) is 5.88 Å². The number of carboxylic acids is 1. The van der Waals surface area contributed by atoms with E-state index in [1.54, 1.807) is 6.07 Å². The molecule has 0 amide bonds. The van der Waals surface area contributed by atoms with E-state index >= 15 is 0 Å². The Morgan fingerprint density at radius 3 is 2.87 bits per heavy atom. The predicted octanol–water partition coefficient (Wildman–Crippen LogP) is 0.990. The van der Waals surface area contributed by atoms with Gasteiger partial charge in [-0.3, -0.25) is 4.79 Å². The van der Waals surface area contributed by atoms with Crippen molar-refractivity contribution in [2.45, 2.75) is 25.2 Å². The maximum Gasteiger partial charge on any atom is 0.311 e. The molecule has 1 saturated carbocycles. The van der Waals surface area contributed by atoms with Crippen molar-refractivity contribution in [2.75, 3.05) is 7.11 Å². The molecule has 5 nitrogen and oxygen atoms in total. The lowest BCUT2D eigenvalue weighted by Gasteiger charge is -2.04. The van der Waals surface area contributed by atoms with Crippen LogP contribution in [-0.2, 0) is 11.2 Å². The SMILES string of the molecule is COc1cc(C2CC2)nc(CC(=O)O)n1. The lowest BCUT2D eigenvalue weighted by Crippen LogP contribution is -2.07. The molecule has 0 aliphatic heterocycles. The van der Waals surface area contributed by atoms with Crippen LogP contribution < -0.4 is 4.74 Å². The van der Waals surface area contributed by atoms with Crippen LogP contribution >= 0.6 is 0 Å². The van der Waals surface area contributed by atoms with Gasteiger partial charge in [0.1, 0.15) is 12.2 Å². The summed E-state index contributed by atoms with van der Waals surface area (Å²) in [6, 6.07) is 1.78. The first-order valence-electron chi connectivity index (χ1n) is 4.82. The number of ether oxygens (including phenoxy) is 1. The quantitative estimate of drug-likeness (QED) is 0.798. The minimum Gasteiger partial charge on any atom is -0.481 e. The minimum atomic E-state index is -0.926. The van der Waals surface area contributed by atoms with Gasteiger partial charge in [-0.25, -0.2) is 4.98 Å². The number of rotatable bonds is 4. The fourth-order valence-electron chi connectivity index (χ4n) is 1.40. The van der Waals surface area contributed by atoms with Crippen LogP contribution in [-0.4, -0.2) is 28.2 Å². The first-order chi connectivity index (χ1) is 7.19. The molecule has 1 fully saturated rings. The Kier molecular flexibility index (Phi) is 2.53. The third-order valence-corrected chi connectivity index (χ3v) is 2.28. The zero-order valence-electron chi connectivity index (χ0n) is 8.43. The normalized spacial score (nSPS) is 15.0. The number of aromatic nitrogens is 2. The van der Waals surface area contributed by atoms with Crippen LogP contribution in [0.25, 0.3) is 0 Å². The summed E-state index contributed by atoms with van der Waals surface area (Å²) in [6.45, 7) is 0. The number of nitrogens with zero attached hydrogens (tertiary/aromatic N) is 2. The van der Waals surface area contributed by atoms with Gasteiger partial charge in [-0.15, -0.1) is 0 Å². The summed E-state index contributed by atoms with van der Waals surface area (Å²) in [6.07, 6.45) is 2.08. The molecule has 1 aromatic rings. The molecule has 1 heterocycles. The minimum absolute atomic E-state index is 0.156. The molecule has 1 N–H and O–H groups in total. The Hall–Kier alpha value is -1.65. The van der Waals surface area contributed by atoms with Gasteiger partial charge in [0, 0.05) is 12.0 Å². The van der Waals surface area contributed by atoms with Crippen molar-refractivity contribution >= 4 is 5.97 Å². The van der Waals surface area contributed by atoms with Crippen molar-refractivity contribution in [1.82, 2.24) is 9.97 Å². The second kappa shape index (κ2) is 3.84. The van der Waals surface area contributed by atoms with E-state index in [0.717, 1.165) is 18.5 Å². The van der Waals surface area contributed by atoms with E-state index < -0.39 is 5.97 Å². The third kappa shape index (κ3) is 2.43. The first kappa shape index (κ1) is 9.89. The molecule has 0 spiro atoms. The Labute approximate surface area is 87.1 Å². The van der Waals surface area contributed by atoms with E-state index in [1.807, 2.05) is 0 Å². The summed E-state index contributed by atoms with van der Waals surface area (Å²) in [5.74, 6) is 0.311. The molecule has 1 aliphatic rings. The van der Waals surface area contributed by atoms with Gasteiger partial charge in [0.2, 0.25) is 5.88 Å². The number of hydrogen-bond acceptors (Lipinski definition) is 4. The summed E-state index contributed by atoms with van der Waals surface area (Å²) in [4.78, 5) is 18.7. The Morgan fingerprint density at radius 1 is 1.60 bits per heavy atom. The standard InChI is InChI=1S/C10H12N2O3/c1-15-9-4-7(6-2-3-6)11-8(12-9)5-10(13)14/h4,6H,2-3,5H2,1H3,(H,13,14). The van der Waals surface area contributed by atoms with Crippen LogP contribution in [0.3, 0.4) is 0 Å². The van der Waals surface area contributed by atoms with Gasteiger partial charge in [0.05, 0.1) is 12.8 Å². The number of methoxy groups -OCH3 is 1. The van der Waals surface area contributed by atoms with Crippen LogP contribution in [0.1, 0.15) is 30.3 Å². The number of hydrogen-bond donors (Lipinski definition) is 1. The van der Waals surface area contributed by atoms with E-state index in [2.05, 4.69) is 9.97 Å². The topological polar surface area (TPSA) is 72.3 Å². The molecule has 5 heteroatoms. The van der Waals surface area contributed by atoms with Crippen molar-refractivity contribution < 1.29 is 14.6 Å². The van der Waals surface area contributed by atoms with Crippen LogP contribution in [0, 0.1) is 0 Å². The van der Waals surface area contributed by atoms with E-state index in [0.29, 0.717) is 17.6 Å². The third-order valence-electron chi connectivity index (χ3n) is 2.28. The maximum atomic E-state index is 10.5. The summed E-state index contributed by atoms with van der Waals surface area (Å²) in [7, 11) is 1.52. The lowest BCUT2D eigenvalue weighted by molar-refractivity contribution is -0.136. The monoisotopic (exact) mass is 208 g/mol. The van der Waals surface area contributed by atoms with Crippen LogP contribution in [0.4, 0.5) is 0 Å². The average Bonchev–Trinajstić information content (AvgIpc) is 2.99. The zero-order valence-corrected chi connectivity index (χ0v) is 8.43. The summed E-state index contributed by atoms with van der Waals surface area (Å²) in [5, 5.41) is 8.65. The molecule has 0 atom stereocenters. The van der Waals surface area contributed by atoms with Crippen molar-refractivity contribution in [2.24, 2.45) is 0 Å². The zero-order chi connectivity index (χ0) is 10.8. The molecule has 15 heavy (non-hydrogen) atoms. The number of aliphatic carboxylic acids is 1. The fourth-order valence-corrected chi connectivity index (χ4v) is 1.40. The predicted molar refractivity (Wildman–Crippen MR) is 51.9 cm³/mol. The molecule has 0 radical (unpaired) electrons. The van der Waals surface area contributed by atoms with Crippen molar-refractivity contribution in [3.05, 3.63) is 17.6 Å². The van der Waals surface area contributed by atoms with Crippen LogP contribution in [0.15, 0.2) is 6.07 Å². The van der Waals surface area contributed by atoms with Gasteiger partial charge >= 0.3 is 5.97 Å². The van der Waals surface area contributed by atoms with Crippen LogP contribution in [0.2, 0.25) is 0 Å². The number of carboxylic acid groups (broad SMARTS) is 1. The largest absolute Gasteiger partial charge is 0.481 e. The second-order valence-electron chi connectivity index (χ2n) is 3.60. The molecule has 1 aliphatic carbocycles. The molecular weight excluding hydrogens is 196 g/mol. The van der Waals surface area contributed by atoms with Gasteiger partial charge in [-0.2, -0.15) is 4.98 Å². The van der Waals surface area contributed by atoms with Crippen molar-refractivity contribution in [1.29, 1.82) is 0 Å². The fraction of sp³-hybridized carbons (Fsp3) is 0.500. The van der Waals surface area contributed by atoms with Gasteiger partial charge in [-0.05, 0) is 12.8 Å². The molecule has 2 rings (SSSR count). The van der Waals surface area contributed by atoms with E-state index in [9.17, 15) is 4.79 Å². The highest BCUT2D eigenvalue weighted by molar-refractivity contribution is 5.69. The lowest BCUT2D eigenvalue weighted by atomic mass is 10.2. The van der Waals surface area contributed by atoms with Gasteiger partial charge in [0.25, 0.3) is 0 Å². The molecule has 0 unspecified atom stereocenters. The Bertz CT molecular complexity index is 388. The van der Waals surface area contributed by atoms with Crippen LogP contribution in [0.5, 0.6) is 5.88 Å². The molecule has 0 saturated heterocycles. The summed E-state index contributed by atoms with van der Waals surface area (Å²) >= 11 is 0. The highest BCUT2D eigenvalue weighted by Crippen LogP contribution is 2.39. The molecular formula is C10H12N2O3. The summed E-state index contributed by atoms with van der Waals surface area (Å²) in [5.41, 5.74) is 0.901. The molecule has 0 aromatic carbocycles. The molecule has 80 valence electrons. The van der Waals surface area contributed by atoms with E-state index in [-0.39, 0.29) is 6.42 Å². The van der Waals surface area contributed by atoms with E-state index in [4.69, 9.17) is 9.84 Å². The van der Waals surface area contributed by atoms with Gasteiger partial charge in [0.15, 0.2) is 0 Å².